The molecule has 4 heteroatoms. The second kappa shape index (κ2) is 4.71. The summed E-state index contributed by atoms with van der Waals surface area (Å²) >= 11 is 5.66. The molecule has 1 aliphatic heterocycles. The van der Waals surface area contributed by atoms with Crippen LogP contribution in [-0.2, 0) is 0 Å². The summed E-state index contributed by atoms with van der Waals surface area (Å²) in [5.74, 6) is 0. The van der Waals surface area contributed by atoms with Crippen molar-refractivity contribution in [2.24, 2.45) is 0 Å². The molecule has 0 unspecified atom stereocenters. The minimum absolute atomic E-state index is 0.986. The van der Waals surface area contributed by atoms with Crippen LogP contribution in [0.15, 0.2) is 30.5 Å². The van der Waals surface area contributed by atoms with Crippen LogP contribution in [-0.4, -0.2) is 48.1 Å². The van der Waals surface area contributed by atoms with Crippen molar-refractivity contribution in [3.05, 3.63) is 36.0 Å². The molecule has 2 N–H and O–H groups in total. The predicted octanol–water partition coefficient (Wildman–Crippen LogP) is 0.674. The van der Waals surface area contributed by atoms with E-state index in [2.05, 4.69) is 35.1 Å². The van der Waals surface area contributed by atoms with Gasteiger partial charge in [0.2, 0.25) is 0 Å². The zero-order chi connectivity index (χ0) is 12.5. The van der Waals surface area contributed by atoms with Crippen LogP contribution >= 0.6 is 12.2 Å². The summed E-state index contributed by atoms with van der Waals surface area (Å²) in [5, 5.41) is 1.23. The number of benzene rings is 1. The Balaban J connectivity index is 1.88. The van der Waals surface area contributed by atoms with Gasteiger partial charge in [0.05, 0.1) is 33.2 Å². The van der Waals surface area contributed by atoms with Gasteiger partial charge in [-0.05, 0) is 6.07 Å². The van der Waals surface area contributed by atoms with Gasteiger partial charge in [-0.3, -0.25) is 0 Å². The zero-order valence-electron chi connectivity index (χ0n) is 10.6. The topological polar surface area (TPSA) is 23.5 Å². The Bertz CT molecular complexity index is 567. The first kappa shape index (κ1) is 11.7. The van der Waals surface area contributed by atoms with Crippen LogP contribution in [0.3, 0.4) is 0 Å². The zero-order valence-corrected chi connectivity index (χ0v) is 11.4. The molecular weight excluding hydrogens is 242 g/mol. The molecular formula is C14H18N3S+. The molecule has 2 heterocycles. The van der Waals surface area contributed by atoms with Gasteiger partial charge in [0.25, 0.3) is 0 Å². The molecule has 1 fully saturated rings. The van der Waals surface area contributed by atoms with E-state index in [1.165, 1.54) is 24.0 Å². The highest BCUT2D eigenvalue weighted by Crippen LogP contribution is 2.20. The Kier molecular flexibility index (Phi) is 3.06. The standard InChI is InChI=1S/C14H17N3S/c1-16-6-8-17(9-7-16)14(18)12-10-15-13-5-3-2-4-11(12)13/h2-5,10,15H,6-9H2,1H3/p+1. The smallest absolute Gasteiger partial charge is 0.111 e. The lowest BCUT2D eigenvalue weighted by Crippen LogP contribution is -3.12. The highest BCUT2D eigenvalue weighted by molar-refractivity contribution is 7.80. The number of para-hydroxylation sites is 1. The molecule has 1 saturated heterocycles. The molecule has 1 aliphatic rings. The predicted molar refractivity (Wildman–Crippen MR) is 78.2 cm³/mol. The second-order valence-electron chi connectivity index (χ2n) is 5.00. The number of quaternary nitrogens is 1. The van der Waals surface area contributed by atoms with E-state index in [4.69, 9.17) is 12.2 Å². The van der Waals surface area contributed by atoms with Crippen molar-refractivity contribution >= 4 is 28.1 Å². The van der Waals surface area contributed by atoms with E-state index in [1.54, 1.807) is 4.90 Å². The first-order valence-electron chi connectivity index (χ1n) is 6.42. The van der Waals surface area contributed by atoms with E-state index in [-0.39, 0.29) is 0 Å². The average Bonchev–Trinajstić information content (AvgIpc) is 2.82. The van der Waals surface area contributed by atoms with Crippen LogP contribution in [0.1, 0.15) is 5.56 Å². The van der Waals surface area contributed by atoms with Gasteiger partial charge in [-0.15, -0.1) is 0 Å². The van der Waals surface area contributed by atoms with Gasteiger partial charge in [0.15, 0.2) is 0 Å². The number of hydrogen-bond acceptors (Lipinski definition) is 1. The number of thiocarbonyl (C=S) groups is 1. The van der Waals surface area contributed by atoms with Crippen molar-refractivity contribution in [2.45, 2.75) is 0 Å². The quantitative estimate of drug-likeness (QED) is 0.737. The third-order valence-electron chi connectivity index (χ3n) is 3.72. The number of hydrogen-bond donors (Lipinski definition) is 2. The monoisotopic (exact) mass is 260 g/mol. The number of H-pyrrole nitrogens is 1. The molecule has 0 bridgehead atoms. The Morgan fingerprint density at radius 3 is 2.78 bits per heavy atom. The Labute approximate surface area is 112 Å². The van der Waals surface area contributed by atoms with Crippen molar-refractivity contribution < 1.29 is 4.90 Å². The fourth-order valence-corrected chi connectivity index (χ4v) is 2.86. The van der Waals surface area contributed by atoms with Gasteiger partial charge in [0.1, 0.15) is 4.99 Å². The third kappa shape index (κ3) is 2.02. The van der Waals surface area contributed by atoms with Crippen molar-refractivity contribution in [3.8, 4) is 0 Å². The molecule has 0 atom stereocenters. The average molecular weight is 260 g/mol. The third-order valence-corrected chi connectivity index (χ3v) is 4.20. The number of rotatable bonds is 1. The molecule has 0 saturated carbocycles. The largest absolute Gasteiger partial charge is 0.360 e. The minimum Gasteiger partial charge on any atom is -0.360 e. The molecule has 0 aliphatic carbocycles. The van der Waals surface area contributed by atoms with Crippen molar-refractivity contribution in [2.75, 3.05) is 33.2 Å². The molecule has 18 heavy (non-hydrogen) atoms. The highest BCUT2D eigenvalue weighted by Gasteiger charge is 2.21. The summed E-state index contributed by atoms with van der Waals surface area (Å²) in [6.45, 7) is 4.46. The fraction of sp³-hybridized carbons (Fsp3) is 0.357. The van der Waals surface area contributed by atoms with Gasteiger partial charge < -0.3 is 14.8 Å². The van der Waals surface area contributed by atoms with Crippen LogP contribution in [0.4, 0.5) is 0 Å². The van der Waals surface area contributed by atoms with Gasteiger partial charge in [-0.1, -0.05) is 30.4 Å². The Morgan fingerprint density at radius 1 is 1.28 bits per heavy atom. The minimum atomic E-state index is 0.986. The normalized spacial score (nSPS) is 17.3. The van der Waals surface area contributed by atoms with E-state index in [1.807, 2.05) is 12.3 Å². The molecule has 0 amide bonds. The maximum absolute atomic E-state index is 5.66. The maximum atomic E-state index is 5.66. The van der Waals surface area contributed by atoms with E-state index in [0.717, 1.165) is 23.6 Å². The van der Waals surface area contributed by atoms with Gasteiger partial charge >= 0.3 is 0 Å². The molecule has 3 rings (SSSR count). The van der Waals surface area contributed by atoms with E-state index < -0.39 is 0 Å². The molecule has 1 aromatic carbocycles. The lowest BCUT2D eigenvalue weighted by Gasteiger charge is -2.31. The Hall–Kier alpha value is -1.39. The van der Waals surface area contributed by atoms with Crippen molar-refractivity contribution in [3.63, 3.8) is 0 Å². The second-order valence-corrected chi connectivity index (χ2v) is 5.38. The number of nitrogens with zero attached hydrogens (tertiary/aromatic N) is 1. The lowest BCUT2D eigenvalue weighted by atomic mass is 10.1. The molecule has 0 radical (unpaired) electrons. The number of aromatic amines is 1. The number of likely N-dealkylation sites (N-methyl/N-ethyl adjacent to an activating group) is 1. The summed E-state index contributed by atoms with van der Waals surface area (Å²) in [6.07, 6.45) is 2.04. The van der Waals surface area contributed by atoms with Crippen LogP contribution in [0, 0.1) is 0 Å². The first-order chi connectivity index (χ1) is 8.75. The van der Waals surface area contributed by atoms with E-state index in [0.29, 0.717) is 0 Å². The molecule has 3 nitrogen and oxygen atoms in total. The van der Waals surface area contributed by atoms with Crippen LogP contribution in [0.5, 0.6) is 0 Å². The number of nitrogens with one attached hydrogen (secondary N) is 2. The number of aromatic nitrogens is 1. The van der Waals surface area contributed by atoms with Crippen LogP contribution < -0.4 is 4.90 Å². The molecule has 2 aromatic rings. The molecule has 0 spiro atoms. The summed E-state index contributed by atoms with van der Waals surface area (Å²) in [6, 6.07) is 8.34. The SMILES string of the molecule is C[NH+]1CCN(C(=S)c2c[nH]c3ccccc23)CC1. The first-order valence-corrected chi connectivity index (χ1v) is 6.83. The Morgan fingerprint density at radius 2 is 2.00 bits per heavy atom. The van der Waals surface area contributed by atoms with Crippen molar-refractivity contribution in [1.82, 2.24) is 9.88 Å². The summed E-state index contributed by atoms with van der Waals surface area (Å²) in [5.41, 5.74) is 2.33. The van der Waals surface area contributed by atoms with Gasteiger partial charge in [0, 0.05) is 22.7 Å². The summed E-state index contributed by atoms with van der Waals surface area (Å²) < 4.78 is 0. The molecule has 94 valence electrons. The van der Waals surface area contributed by atoms with Gasteiger partial charge in [-0.25, -0.2) is 0 Å². The fourth-order valence-electron chi connectivity index (χ4n) is 2.51. The van der Waals surface area contributed by atoms with Crippen LogP contribution in [0.2, 0.25) is 0 Å². The summed E-state index contributed by atoms with van der Waals surface area (Å²) in [7, 11) is 2.24. The molecule has 1 aromatic heterocycles. The van der Waals surface area contributed by atoms with E-state index >= 15 is 0 Å². The maximum Gasteiger partial charge on any atom is 0.111 e. The van der Waals surface area contributed by atoms with Crippen LogP contribution in [0.25, 0.3) is 10.9 Å². The van der Waals surface area contributed by atoms with Crippen molar-refractivity contribution in [1.29, 1.82) is 0 Å². The summed E-state index contributed by atoms with van der Waals surface area (Å²) in [4.78, 5) is 8.21. The van der Waals surface area contributed by atoms with Gasteiger partial charge in [-0.2, -0.15) is 0 Å². The highest BCUT2D eigenvalue weighted by atomic mass is 32.1. The van der Waals surface area contributed by atoms with E-state index in [9.17, 15) is 0 Å². The lowest BCUT2D eigenvalue weighted by molar-refractivity contribution is -0.883. The number of fused-ring (bicyclic) bond motifs is 1. The number of piperazine rings is 1.